The van der Waals surface area contributed by atoms with E-state index in [0.29, 0.717) is 18.8 Å². The number of nitrogens with one attached hydrogen (secondary N) is 1. The van der Waals surface area contributed by atoms with Crippen molar-refractivity contribution in [2.24, 2.45) is 0 Å². The molecule has 0 heterocycles. The molecule has 126 valence electrons. The molecule has 1 aromatic carbocycles. The van der Waals surface area contributed by atoms with E-state index < -0.39 is 16.1 Å². The van der Waals surface area contributed by atoms with Crippen molar-refractivity contribution in [3.63, 3.8) is 0 Å². The molecule has 0 spiro atoms. The number of anilines is 1. The molecule has 0 fully saturated rings. The van der Waals surface area contributed by atoms with Crippen molar-refractivity contribution >= 4 is 15.7 Å². The highest BCUT2D eigenvalue weighted by atomic mass is 32.2. The van der Waals surface area contributed by atoms with E-state index in [-0.39, 0.29) is 18.0 Å². The Kier molecular flexibility index (Phi) is 7.81. The monoisotopic (exact) mass is 330 g/mol. The Hall–Kier alpha value is -1.15. The molecule has 6 nitrogen and oxygen atoms in total. The molecule has 0 saturated carbocycles. The van der Waals surface area contributed by atoms with Crippen LogP contribution in [-0.4, -0.2) is 55.3 Å². The summed E-state index contributed by atoms with van der Waals surface area (Å²) in [5.74, 6) is 0. The maximum Gasteiger partial charge on any atom is 0.243 e. The standard InChI is InChI=1S/C15H26N2O4S/c1-3-9-17(10-4-2)22(20,21)15-7-5-13(6-8-15)16-11-14(19)12-18/h5-8,14,16,18-19H,3-4,9-12H2,1-2H3. The molecule has 0 aliphatic heterocycles. The van der Waals surface area contributed by atoms with E-state index in [4.69, 9.17) is 5.11 Å². The van der Waals surface area contributed by atoms with Gasteiger partial charge in [0.15, 0.2) is 0 Å². The molecule has 0 aliphatic carbocycles. The molecule has 1 rings (SSSR count). The fourth-order valence-corrected chi connectivity index (χ4v) is 3.67. The fourth-order valence-electron chi connectivity index (χ4n) is 2.05. The first kappa shape index (κ1) is 18.9. The van der Waals surface area contributed by atoms with Crippen molar-refractivity contribution in [1.29, 1.82) is 0 Å². The summed E-state index contributed by atoms with van der Waals surface area (Å²) < 4.78 is 26.6. The number of nitrogens with zero attached hydrogens (tertiary/aromatic N) is 1. The first-order valence-corrected chi connectivity index (χ1v) is 9.02. The molecule has 0 radical (unpaired) electrons. The van der Waals surface area contributed by atoms with Crippen LogP contribution in [0.5, 0.6) is 0 Å². The first-order valence-electron chi connectivity index (χ1n) is 7.58. The highest BCUT2D eigenvalue weighted by molar-refractivity contribution is 7.89. The zero-order valence-electron chi connectivity index (χ0n) is 13.2. The van der Waals surface area contributed by atoms with E-state index in [9.17, 15) is 13.5 Å². The smallest absolute Gasteiger partial charge is 0.243 e. The summed E-state index contributed by atoms with van der Waals surface area (Å²) in [6.45, 7) is 4.83. The predicted octanol–water partition coefficient (Wildman–Crippen LogP) is 1.26. The van der Waals surface area contributed by atoms with Gasteiger partial charge in [0, 0.05) is 25.3 Å². The summed E-state index contributed by atoms with van der Waals surface area (Å²) in [6, 6.07) is 6.43. The minimum Gasteiger partial charge on any atom is -0.394 e. The molecule has 3 N–H and O–H groups in total. The third kappa shape index (κ3) is 5.24. The Balaban J connectivity index is 2.83. The summed E-state index contributed by atoms with van der Waals surface area (Å²) in [5, 5.41) is 21.0. The third-order valence-electron chi connectivity index (χ3n) is 3.19. The maximum atomic E-state index is 12.6. The Morgan fingerprint density at radius 1 is 1.14 bits per heavy atom. The van der Waals surface area contributed by atoms with Gasteiger partial charge in [-0.3, -0.25) is 0 Å². The average Bonchev–Trinajstić information content (AvgIpc) is 2.52. The quantitative estimate of drug-likeness (QED) is 0.601. The zero-order valence-corrected chi connectivity index (χ0v) is 14.0. The van der Waals surface area contributed by atoms with Crippen molar-refractivity contribution in [2.45, 2.75) is 37.7 Å². The number of benzene rings is 1. The number of hydrogen-bond donors (Lipinski definition) is 3. The molecule has 0 aliphatic rings. The lowest BCUT2D eigenvalue weighted by atomic mass is 10.3. The molecular formula is C15H26N2O4S. The summed E-state index contributed by atoms with van der Waals surface area (Å²) >= 11 is 0. The van der Waals surface area contributed by atoms with Crippen molar-refractivity contribution in [1.82, 2.24) is 4.31 Å². The van der Waals surface area contributed by atoms with Gasteiger partial charge in [-0.05, 0) is 37.1 Å². The van der Waals surface area contributed by atoms with E-state index in [1.165, 1.54) is 4.31 Å². The lowest BCUT2D eigenvalue weighted by Gasteiger charge is -2.21. The Morgan fingerprint density at radius 2 is 1.68 bits per heavy atom. The molecule has 0 amide bonds. The van der Waals surface area contributed by atoms with Crippen molar-refractivity contribution in [2.75, 3.05) is 31.6 Å². The summed E-state index contributed by atoms with van der Waals surface area (Å²) in [5.41, 5.74) is 0.698. The van der Waals surface area contributed by atoms with Crippen LogP contribution in [0.1, 0.15) is 26.7 Å². The van der Waals surface area contributed by atoms with E-state index in [0.717, 1.165) is 12.8 Å². The Bertz CT molecular complexity index is 525. The molecule has 1 unspecified atom stereocenters. The molecule has 1 atom stereocenters. The van der Waals surface area contributed by atoms with Crippen molar-refractivity contribution < 1.29 is 18.6 Å². The topological polar surface area (TPSA) is 89.9 Å². The SMILES string of the molecule is CCCN(CCC)S(=O)(=O)c1ccc(NCC(O)CO)cc1. The lowest BCUT2D eigenvalue weighted by molar-refractivity contribution is 0.105. The second-order valence-electron chi connectivity index (χ2n) is 5.15. The largest absolute Gasteiger partial charge is 0.394 e. The molecule has 0 saturated heterocycles. The summed E-state index contributed by atoms with van der Waals surface area (Å²) in [7, 11) is -3.46. The van der Waals surface area contributed by atoms with Gasteiger partial charge in [-0.25, -0.2) is 8.42 Å². The van der Waals surface area contributed by atoms with Gasteiger partial charge in [-0.15, -0.1) is 0 Å². The zero-order chi connectivity index (χ0) is 16.6. The van der Waals surface area contributed by atoms with Gasteiger partial charge >= 0.3 is 0 Å². The van der Waals surface area contributed by atoms with E-state index in [1.807, 2.05) is 13.8 Å². The van der Waals surface area contributed by atoms with Gasteiger partial charge in [0.05, 0.1) is 17.6 Å². The van der Waals surface area contributed by atoms with Crippen LogP contribution in [0.15, 0.2) is 29.2 Å². The van der Waals surface area contributed by atoms with Crippen LogP contribution in [-0.2, 0) is 10.0 Å². The molecule has 1 aromatic rings. The van der Waals surface area contributed by atoms with Crippen LogP contribution in [0.2, 0.25) is 0 Å². The highest BCUT2D eigenvalue weighted by Crippen LogP contribution is 2.19. The van der Waals surface area contributed by atoms with Crippen molar-refractivity contribution in [3.05, 3.63) is 24.3 Å². The molecule has 0 bridgehead atoms. The van der Waals surface area contributed by atoms with E-state index >= 15 is 0 Å². The van der Waals surface area contributed by atoms with Crippen LogP contribution in [0.3, 0.4) is 0 Å². The summed E-state index contributed by atoms with van der Waals surface area (Å²) in [6.07, 6.45) is 0.712. The van der Waals surface area contributed by atoms with Crippen LogP contribution in [0.4, 0.5) is 5.69 Å². The second kappa shape index (κ2) is 9.09. The first-order chi connectivity index (χ1) is 10.5. The van der Waals surface area contributed by atoms with E-state index in [2.05, 4.69) is 5.32 Å². The minimum atomic E-state index is -3.46. The van der Waals surface area contributed by atoms with Gasteiger partial charge in [-0.1, -0.05) is 13.8 Å². The molecular weight excluding hydrogens is 304 g/mol. The molecule has 0 aromatic heterocycles. The number of aliphatic hydroxyl groups excluding tert-OH is 2. The fraction of sp³-hybridized carbons (Fsp3) is 0.600. The van der Waals surface area contributed by atoms with Gasteiger partial charge in [0.1, 0.15) is 0 Å². The lowest BCUT2D eigenvalue weighted by Crippen LogP contribution is -2.32. The van der Waals surface area contributed by atoms with Gasteiger partial charge < -0.3 is 15.5 Å². The van der Waals surface area contributed by atoms with Gasteiger partial charge in [0.25, 0.3) is 0 Å². The van der Waals surface area contributed by atoms with Crippen LogP contribution < -0.4 is 5.32 Å². The predicted molar refractivity (Wildman–Crippen MR) is 87.4 cm³/mol. The number of sulfonamides is 1. The Labute approximate surface area is 132 Å². The second-order valence-corrected chi connectivity index (χ2v) is 7.08. The summed E-state index contributed by atoms with van der Waals surface area (Å²) in [4.78, 5) is 0.266. The van der Waals surface area contributed by atoms with Crippen LogP contribution in [0.25, 0.3) is 0 Å². The van der Waals surface area contributed by atoms with E-state index in [1.54, 1.807) is 24.3 Å². The number of aliphatic hydroxyl groups is 2. The van der Waals surface area contributed by atoms with Crippen LogP contribution in [0, 0.1) is 0 Å². The third-order valence-corrected chi connectivity index (χ3v) is 5.10. The molecule has 22 heavy (non-hydrogen) atoms. The maximum absolute atomic E-state index is 12.6. The van der Waals surface area contributed by atoms with Crippen molar-refractivity contribution in [3.8, 4) is 0 Å². The number of rotatable bonds is 10. The minimum absolute atomic E-state index is 0.209. The van der Waals surface area contributed by atoms with Crippen LogP contribution >= 0.6 is 0 Å². The van der Waals surface area contributed by atoms with Gasteiger partial charge in [-0.2, -0.15) is 4.31 Å². The Morgan fingerprint density at radius 3 is 2.14 bits per heavy atom. The highest BCUT2D eigenvalue weighted by Gasteiger charge is 2.22. The average molecular weight is 330 g/mol. The molecule has 7 heteroatoms. The normalized spacial score (nSPS) is 13.3. The number of hydrogen-bond acceptors (Lipinski definition) is 5. The van der Waals surface area contributed by atoms with Gasteiger partial charge in [0.2, 0.25) is 10.0 Å².